The number of carbonyl (C=O) groups is 1. The van der Waals surface area contributed by atoms with Crippen LogP contribution in [0.1, 0.15) is 50.0 Å². The highest BCUT2D eigenvalue weighted by molar-refractivity contribution is 5.97. The highest BCUT2D eigenvalue weighted by Gasteiger charge is 2.30. The number of amides is 1. The third kappa shape index (κ3) is 2.91. The van der Waals surface area contributed by atoms with Crippen LogP contribution in [0.25, 0.3) is 0 Å². The second-order valence-electron chi connectivity index (χ2n) is 5.86. The Kier molecular flexibility index (Phi) is 4.12. The van der Waals surface area contributed by atoms with Gasteiger partial charge >= 0.3 is 0 Å². The summed E-state index contributed by atoms with van der Waals surface area (Å²) in [6.45, 7) is 5.07. The lowest BCUT2D eigenvalue weighted by molar-refractivity contribution is 0.0645. The summed E-state index contributed by atoms with van der Waals surface area (Å²) in [5.41, 5.74) is 6.87. The molecule has 0 atom stereocenters. The molecule has 0 saturated heterocycles. The Bertz CT molecular complexity index is 427. The number of anilines is 1. The molecule has 1 saturated carbocycles. The van der Waals surface area contributed by atoms with E-state index in [0.29, 0.717) is 23.3 Å². The molecule has 106 valence electrons. The molecule has 2 rings (SSSR count). The van der Waals surface area contributed by atoms with Crippen molar-refractivity contribution in [3.63, 3.8) is 0 Å². The van der Waals surface area contributed by atoms with Crippen molar-refractivity contribution in [2.75, 3.05) is 12.3 Å². The number of aromatic nitrogens is 2. The number of rotatable bonds is 4. The van der Waals surface area contributed by atoms with Gasteiger partial charge in [-0.15, -0.1) is 0 Å². The average Bonchev–Trinajstić information content (AvgIpc) is 2.96. The Hall–Kier alpha value is -1.52. The SMILES string of the molecule is CC(C)CN(C(=O)c1c(N)cnn1C)C1CCCC1. The molecule has 5 heteroatoms. The van der Waals surface area contributed by atoms with Gasteiger partial charge in [-0.3, -0.25) is 9.48 Å². The van der Waals surface area contributed by atoms with E-state index < -0.39 is 0 Å². The van der Waals surface area contributed by atoms with E-state index in [4.69, 9.17) is 5.73 Å². The molecule has 1 amide bonds. The fraction of sp³-hybridized carbons (Fsp3) is 0.714. The zero-order valence-corrected chi connectivity index (χ0v) is 12.1. The minimum absolute atomic E-state index is 0.0260. The molecule has 1 aliphatic carbocycles. The van der Waals surface area contributed by atoms with Gasteiger partial charge in [0.1, 0.15) is 5.69 Å². The molecule has 1 aromatic heterocycles. The molecular weight excluding hydrogens is 240 g/mol. The number of carbonyl (C=O) groups excluding carboxylic acids is 1. The fourth-order valence-corrected chi connectivity index (χ4v) is 2.86. The lowest BCUT2D eigenvalue weighted by Crippen LogP contribution is -2.42. The Morgan fingerprint density at radius 3 is 2.63 bits per heavy atom. The van der Waals surface area contributed by atoms with Gasteiger partial charge in [0.2, 0.25) is 0 Å². The van der Waals surface area contributed by atoms with Crippen LogP contribution < -0.4 is 5.73 Å². The number of hydrogen-bond acceptors (Lipinski definition) is 3. The Morgan fingerprint density at radius 2 is 2.16 bits per heavy atom. The molecule has 0 unspecified atom stereocenters. The van der Waals surface area contributed by atoms with Crippen molar-refractivity contribution in [3.05, 3.63) is 11.9 Å². The van der Waals surface area contributed by atoms with Crippen LogP contribution in [-0.2, 0) is 7.05 Å². The molecule has 1 fully saturated rings. The van der Waals surface area contributed by atoms with Crippen molar-refractivity contribution in [1.82, 2.24) is 14.7 Å². The summed E-state index contributed by atoms with van der Waals surface area (Å²) < 4.78 is 1.58. The average molecular weight is 264 g/mol. The van der Waals surface area contributed by atoms with Crippen LogP contribution in [0.2, 0.25) is 0 Å². The summed E-state index contributed by atoms with van der Waals surface area (Å²) in [4.78, 5) is 14.8. The van der Waals surface area contributed by atoms with Gasteiger partial charge in [-0.25, -0.2) is 0 Å². The van der Waals surface area contributed by atoms with E-state index in [2.05, 4.69) is 18.9 Å². The predicted octanol–water partition coefficient (Wildman–Crippen LogP) is 2.04. The topological polar surface area (TPSA) is 64.2 Å². The Morgan fingerprint density at radius 1 is 1.53 bits per heavy atom. The molecule has 5 nitrogen and oxygen atoms in total. The van der Waals surface area contributed by atoms with Crippen LogP contribution >= 0.6 is 0 Å². The molecule has 0 spiro atoms. The van der Waals surface area contributed by atoms with Crippen molar-refractivity contribution < 1.29 is 4.79 Å². The van der Waals surface area contributed by atoms with Crippen LogP contribution in [0.15, 0.2) is 6.20 Å². The maximum Gasteiger partial charge on any atom is 0.274 e. The molecule has 19 heavy (non-hydrogen) atoms. The molecule has 1 aromatic rings. The van der Waals surface area contributed by atoms with E-state index in [0.717, 1.165) is 19.4 Å². The van der Waals surface area contributed by atoms with E-state index in [1.54, 1.807) is 17.9 Å². The highest BCUT2D eigenvalue weighted by atomic mass is 16.2. The molecule has 0 aromatic carbocycles. The van der Waals surface area contributed by atoms with E-state index in [1.807, 2.05) is 4.90 Å². The second-order valence-corrected chi connectivity index (χ2v) is 5.86. The lowest BCUT2D eigenvalue weighted by Gasteiger charge is -2.30. The van der Waals surface area contributed by atoms with Gasteiger partial charge in [0, 0.05) is 19.6 Å². The molecule has 1 aliphatic rings. The van der Waals surface area contributed by atoms with E-state index in [9.17, 15) is 4.79 Å². The van der Waals surface area contributed by atoms with Crippen molar-refractivity contribution in [2.24, 2.45) is 13.0 Å². The van der Waals surface area contributed by atoms with Crippen molar-refractivity contribution in [2.45, 2.75) is 45.6 Å². The van der Waals surface area contributed by atoms with Gasteiger partial charge in [0.15, 0.2) is 0 Å². The predicted molar refractivity (Wildman–Crippen MR) is 75.8 cm³/mol. The van der Waals surface area contributed by atoms with Gasteiger partial charge in [-0.05, 0) is 18.8 Å². The standard InChI is InChI=1S/C14H24N4O/c1-10(2)9-18(11-6-4-5-7-11)14(19)13-12(15)8-16-17(13)3/h8,10-11H,4-7,9,15H2,1-3H3. The first-order valence-corrected chi connectivity index (χ1v) is 7.09. The quantitative estimate of drug-likeness (QED) is 0.905. The van der Waals surface area contributed by atoms with Gasteiger partial charge in [0.05, 0.1) is 11.9 Å². The molecular formula is C14H24N4O. The Balaban J connectivity index is 2.24. The monoisotopic (exact) mass is 264 g/mol. The minimum atomic E-state index is 0.0260. The van der Waals surface area contributed by atoms with Gasteiger partial charge in [0.25, 0.3) is 5.91 Å². The third-order valence-corrected chi connectivity index (χ3v) is 3.76. The maximum atomic E-state index is 12.8. The van der Waals surface area contributed by atoms with Gasteiger partial charge in [-0.2, -0.15) is 5.10 Å². The molecule has 0 bridgehead atoms. The van der Waals surface area contributed by atoms with Crippen molar-refractivity contribution >= 4 is 11.6 Å². The van der Waals surface area contributed by atoms with Gasteiger partial charge < -0.3 is 10.6 Å². The van der Waals surface area contributed by atoms with Crippen LogP contribution in [-0.4, -0.2) is 33.2 Å². The highest BCUT2D eigenvalue weighted by Crippen LogP contribution is 2.26. The number of nitrogen functional groups attached to an aromatic ring is 1. The molecule has 1 heterocycles. The second kappa shape index (κ2) is 5.63. The fourth-order valence-electron chi connectivity index (χ4n) is 2.86. The van der Waals surface area contributed by atoms with Crippen molar-refractivity contribution in [3.8, 4) is 0 Å². The summed E-state index contributed by atoms with van der Waals surface area (Å²) in [7, 11) is 1.77. The van der Waals surface area contributed by atoms with Crippen LogP contribution in [0, 0.1) is 5.92 Å². The van der Waals surface area contributed by atoms with E-state index in [1.165, 1.54) is 12.8 Å². The molecule has 0 radical (unpaired) electrons. The minimum Gasteiger partial charge on any atom is -0.396 e. The third-order valence-electron chi connectivity index (χ3n) is 3.76. The summed E-state index contributed by atoms with van der Waals surface area (Å²) in [5.74, 6) is 0.483. The van der Waals surface area contributed by atoms with E-state index in [-0.39, 0.29) is 5.91 Å². The number of nitrogens with two attached hydrogens (primary N) is 1. The number of hydrogen-bond donors (Lipinski definition) is 1. The van der Waals surface area contributed by atoms with Gasteiger partial charge in [-0.1, -0.05) is 26.7 Å². The summed E-state index contributed by atoms with van der Waals surface area (Å²) in [6.07, 6.45) is 6.20. The first kappa shape index (κ1) is 13.9. The Labute approximate surface area is 114 Å². The van der Waals surface area contributed by atoms with Crippen LogP contribution in [0.5, 0.6) is 0 Å². The van der Waals surface area contributed by atoms with Crippen LogP contribution in [0.4, 0.5) is 5.69 Å². The molecule has 2 N–H and O–H groups in total. The van der Waals surface area contributed by atoms with E-state index >= 15 is 0 Å². The zero-order valence-electron chi connectivity index (χ0n) is 12.1. The van der Waals surface area contributed by atoms with Crippen LogP contribution in [0.3, 0.4) is 0 Å². The number of aryl methyl sites for hydroxylation is 1. The maximum absolute atomic E-state index is 12.8. The lowest BCUT2D eigenvalue weighted by atomic mass is 10.1. The first-order valence-electron chi connectivity index (χ1n) is 7.09. The summed E-state index contributed by atoms with van der Waals surface area (Å²) >= 11 is 0. The van der Waals surface area contributed by atoms with Crippen molar-refractivity contribution in [1.29, 1.82) is 0 Å². The number of nitrogens with zero attached hydrogens (tertiary/aromatic N) is 3. The normalized spacial score (nSPS) is 16.2. The summed E-state index contributed by atoms with van der Waals surface area (Å²) in [6, 6.07) is 0.365. The smallest absolute Gasteiger partial charge is 0.274 e. The largest absolute Gasteiger partial charge is 0.396 e. The summed E-state index contributed by atoms with van der Waals surface area (Å²) in [5, 5.41) is 4.07. The first-order chi connectivity index (χ1) is 9.00. The zero-order chi connectivity index (χ0) is 14.0. The molecule has 0 aliphatic heterocycles.